The predicted octanol–water partition coefficient (Wildman–Crippen LogP) is 3.52. The molecule has 0 aromatic carbocycles. The number of thiazole rings is 1. The Morgan fingerprint density at radius 1 is 1.41 bits per heavy atom. The molecule has 0 aliphatic heterocycles. The average Bonchev–Trinajstić information content (AvgIpc) is 3.09. The summed E-state index contributed by atoms with van der Waals surface area (Å²) in [7, 11) is 0. The molecule has 0 spiro atoms. The maximum Gasteiger partial charge on any atom is 0.323 e. The van der Waals surface area contributed by atoms with Gasteiger partial charge in [-0.05, 0) is 31.9 Å². The Morgan fingerprint density at radius 2 is 2.14 bits per heavy atom. The van der Waals surface area contributed by atoms with Crippen LogP contribution in [0.2, 0.25) is 4.34 Å². The van der Waals surface area contributed by atoms with Crippen LogP contribution in [0.25, 0.3) is 9.88 Å². The van der Waals surface area contributed by atoms with Gasteiger partial charge in [0, 0.05) is 6.04 Å². The molecule has 1 saturated carbocycles. The SMILES string of the molecule is Cc1nc(-c2ccc(Cl)s2)sc1C(=O)N(CC(=O)O)C1CC1. The van der Waals surface area contributed by atoms with E-state index >= 15 is 0 Å². The van der Waals surface area contributed by atoms with Crippen LogP contribution in [-0.2, 0) is 4.79 Å². The molecule has 22 heavy (non-hydrogen) atoms. The number of carbonyl (C=O) groups is 2. The molecule has 1 N–H and O–H groups in total. The molecule has 8 heteroatoms. The maximum atomic E-state index is 12.6. The van der Waals surface area contributed by atoms with Crippen molar-refractivity contribution >= 4 is 46.2 Å². The molecule has 3 rings (SSSR count). The third-order valence-electron chi connectivity index (χ3n) is 3.33. The molecule has 0 unspecified atom stereocenters. The summed E-state index contributed by atoms with van der Waals surface area (Å²) in [6, 6.07) is 3.71. The highest BCUT2D eigenvalue weighted by molar-refractivity contribution is 7.24. The van der Waals surface area contributed by atoms with Crippen LogP contribution in [0.4, 0.5) is 0 Å². The highest BCUT2D eigenvalue weighted by atomic mass is 35.5. The predicted molar refractivity (Wildman–Crippen MR) is 86.9 cm³/mol. The summed E-state index contributed by atoms with van der Waals surface area (Å²) >= 11 is 8.63. The van der Waals surface area contributed by atoms with E-state index in [-0.39, 0.29) is 18.5 Å². The molecule has 0 atom stereocenters. The number of carbonyl (C=O) groups excluding carboxylic acids is 1. The molecule has 1 amide bonds. The van der Waals surface area contributed by atoms with Crippen molar-refractivity contribution in [2.24, 2.45) is 0 Å². The Bertz CT molecular complexity index is 736. The lowest BCUT2D eigenvalue weighted by Gasteiger charge is -2.19. The Labute approximate surface area is 140 Å². The second-order valence-corrected chi connectivity index (χ2v) is 7.81. The first-order valence-electron chi connectivity index (χ1n) is 6.71. The molecule has 0 bridgehead atoms. The van der Waals surface area contributed by atoms with Crippen LogP contribution >= 0.6 is 34.3 Å². The van der Waals surface area contributed by atoms with Crippen molar-refractivity contribution in [3.63, 3.8) is 0 Å². The minimum atomic E-state index is -0.993. The smallest absolute Gasteiger partial charge is 0.323 e. The van der Waals surface area contributed by atoms with Crippen LogP contribution in [0.1, 0.15) is 28.2 Å². The van der Waals surface area contributed by atoms with Crippen molar-refractivity contribution in [1.82, 2.24) is 9.88 Å². The second kappa shape index (κ2) is 5.98. The van der Waals surface area contributed by atoms with E-state index in [4.69, 9.17) is 16.7 Å². The van der Waals surface area contributed by atoms with E-state index < -0.39 is 5.97 Å². The number of halogens is 1. The Hall–Kier alpha value is -1.44. The molecule has 1 fully saturated rings. The van der Waals surface area contributed by atoms with Crippen molar-refractivity contribution in [3.8, 4) is 9.88 Å². The van der Waals surface area contributed by atoms with Crippen molar-refractivity contribution in [1.29, 1.82) is 0 Å². The second-order valence-electron chi connectivity index (χ2n) is 5.10. The van der Waals surface area contributed by atoms with E-state index in [1.54, 1.807) is 13.0 Å². The normalized spacial score (nSPS) is 14.1. The topological polar surface area (TPSA) is 70.5 Å². The van der Waals surface area contributed by atoms with Crippen LogP contribution in [0, 0.1) is 6.92 Å². The summed E-state index contributed by atoms with van der Waals surface area (Å²) in [5.41, 5.74) is 0.630. The zero-order valence-electron chi connectivity index (χ0n) is 11.7. The lowest BCUT2D eigenvalue weighted by molar-refractivity contribution is -0.137. The Kier molecular flexibility index (Phi) is 4.20. The van der Waals surface area contributed by atoms with Crippen LogP contribution in [0.3, 0.4) is 0 Å². The number of amides is 1. The first-order chi connectivity index (χ1) is 10.5. The summed E-state index contributed by atoms with van der Waals surface area (Å²) < 4.78 is 0.668. The van der Waals surface area contributed by atoms with Gasteiger partial charge in [-0.2, -0.15) is 0 Å². The van der Waals surface area contributed by atoms with E-state index in [1.807, 2.05) is 6.07 Å². The largest absolute Gasteiger partial charge is 0.480 e. The molecule has 0 radical (unpaired) electrons. The van der Waals surface area contributed by atoms with Gasteiger partial charge in [0.1, 0.15) is 16.4 Å². The lowest BCUT2D eigenvalue weighted by atomic mass is 10.3. The quantitative estimate of drug-likeness (QED) is 0.889. The number of hydrogen-bond acceptors (Lipinski definition) is 5. The third-order valence-corrected chi connectivity index (χ3v) is 5.87. The Morgan fingerprint density at radius 3 is 2.68 bits per heavy atom. The highest BCUT2D eigenvalue weighted by Crippen LogP contribution is 2.36. The van der Waals surface area contributed by atoms with Gasteiger partial charge in [0.15, 0.2) is 0 Å². The molecule has 2 heterocycles. The summed E-state index contributed by atoms with van der Waals surface area (Å²) in [6.45, 7) is 1.51. The molecule has 2 aromatic rings. The molecular formula is C14H13ClN2O3S2. The first kappa shape index (κ1) is 15.5. The van der Waals surface area contributed by atoms with Gasteiger partial charge in [-0.3, -0.25) is 9.59 Å². The monoisotopic (exact) mass is 356 g/mol. The minimum absolute atomic E-state index is 0.0460. The number of aryl methyl sites for hydroxylation is 1. The van der Waals surface area contributed by atoms with E-state index in [9.17, 15) is 9.59 Å². The number of rotatable bonds is 5. The number of carboxylic acid groups (broad SMARTS) is 1. The van der Waals surface area contributed by atoms with Crippen molar-refractivity contribution in [3.05, 3.63) is 27.0 Å². The molecule has 2 aromatic heterocycles. The van der Waals surface area contributed by atoms with Gasteiger partial charge in [0.2, 0.25) is 0 Å². The number of aliphatic carboxylic acids is 1. The average molecular weight is 357 g/mol. The third kappa shape index (κ3) is 3.16. The number of thiophene rings is 1. The van der Waals surface area contributed by atoms with Gasteiger partial charge in [-0.1, -0.05) is 11.6 Å². The summed E-state index contributed by atoms with van der Waals surface area (Å²) in [5, 5.41) is 9.73. The summed E-state index contributed by atoms with van der Waals surface area (Å²) in [5.74, 6) is -1.23. The van der Waals surface area contributed by atoms with Gasteiger partial charge in [-0.25, -0.2) is 4.98 Å². The minimum Gasteiger partial charge on any atom is -0.480 e. The molecule has 1 aliphatic carbocycles. The number of hydrogen-bond donors (Lipinski definition) is 1. The zero-order valence-corrected chi connectivity index (χ0v) is 14.1. The van der Waals surface area contributed by atoms with E-state index in [1.165, 1.54) is 27.6 Å². The van der Waals surface area contributed by atoms with Crippen LogP contribution in [0.5, 0.6) is 0 Å². The number of carboxylic acids is 1. The first-order valence-corrected chi connectivity index (χ1v) is 8.72. The van der Waals surface area contributed by atoms with Gasteiger partial charge < -0.3 is 10.0 Å². The van der Waals surface area contributed by atoms with E-state index in [2.05, 4.69) is 4.98 Å². The van der Waals surface area contributed by atoms with Gasteiger partial charge in [0.25, 0.3) is 5.91 Å². The van der Waals surface area contributed by atoms with Crippen molar-refractivity contribution in [2.75, 3.05) is 6.54 Å². The molecule has 1 aliphatic rings. The summed E-state index contributed by atoms with van der Waals surface area (Å²) in [6.07, 6.45) is 1.73. The molecule has 5 nitrogen and oxygen atoms in total. The van der Waals surface area contributed by atoms with Gasteiger partial charge in [-0.15, -0.1) is 22.7 Å². The van der Waals surface area contributed by atoms with Gasteiger partial charge >= 0.3 is 5.97 Å². The van der Waals surface area contributed by atoms with Crippen LogP contribution < -0.4 is 0 Å². The van der Waals surface area contributed by atoms with Crippen LogP contribution in [-0.4, -0.2) is 39.5 Å². The molecule has 0 saturated heterocycles. The number of nitrogens with zero attached hydrogens (tertiary/aromatic N) is 2. The maximum absolute atomic E-state index is 12.6. The fourth-order valence-corrected chi connectivity index (χ4v) is 4.28. The lowest BCUT2D eigenvalue weighted by Crippen LogP contribution is -2.37. The molecular weight excluding hydrogens is 344 g/mol. The standard InChI is InChI=1S/C14H13ClN2O3S2/c1-7-12(14(20)17(6-11(18)19)8-2-3-8)22-13(16-7)9-4-5-10(15)21-9/h4-5,8H,2-3,6H2,1H3,(H,18,19). The van der Waals surface area contributed by atoms with Crippen molar-refractivity contribution < 1.29 is 14.7 Å². The fourth-order valence-electron chi connectivity index (χ4n) is 2.16. The fraction of sp³-hybridized carbons (Fsp3) is 0.357. The Balaban J connectivity index is 1.88. The zero-order chi connectivity index (χ0) is 15.9. The van der Waals surface area contributed by atoms with Gasteiger partial charge in [0.05, 0.1) is 14.9 Å². The van der Waals surface area contributed by atoms with E-state index in [0.717, 1.165) is 22.7 Å². The molecule has 116 valence electrons. The van der Waals surface area contributed by atoms with E-state index in [0.29, 0.717) is 14.9 Å². The van der Waals surface area contributed by atoms with Crippen molar-refractivity contribution in [2.45, 2.75) is 25.8 Å². The highest BCUT2D eigenvalue weighted by Gasteiger charge is 2.35. The van der Waals surface area contributed by atoms with Crippen LogP contribution in [0.15, 0.2) is 12.1 Å². The number of aromatic nitrogens is 1. The summed E-state index contributed by atoms with van der Waals surface area (Å²) in [4.78, 5) is 30.9.